The topological polar surface area (TPSA) is 58.6 Å². The molecule has 5 nitrogen and oxygen atoms in total. The van der Waals surface area contributed by atoms with E-state index in [1.807, 2.05) is 27.7 Å². The first-order chi connectivity index (χ1) is 14.3. The lowest BCUT2D eigenvalue weighted by Gasteiger charge is -2.30. The van der Waals surface area contributed by atoms with Gasteiger partial charge in [-0.2, -0.15) is 0 Å². The predicted octanol–water partition coefficient (Wildman–Crippen LogP) is 4.42. The van der Waals surface area contributed by atoms with Crippen LogP contribution in [0.1, 0.15) is 37.0 Å². The Morgan fingerprint density at radius 1 is 1.13 bits per heavy atom. The van der Waals surface area contributed by atoms with E-state index in [0.29, 0.717) is 23.7 Å². The van der Waals surface area contributed by atoms with Crippen molar-refractivity contribution in [3.8, 4) is 5.75 Å². The smallest absolute Gasteiger partial charge is 0.261 e. The number of amides is 2. The van der Waals surface area contributed by atoms with Crippen molar-refractivity contribution in [1.29, 1.82) is 0 Å². The van der Waals surface area contributed by atoms with Crippen LogP contribution in [0.2, 0.25) is 5.02 Å². The zero-order valence-corrected chi connectivity index (χ0v) is 18.6. The van der Waals surface area contributed by atoms with Crippen LogP contribution >= 0.6 is 11.6 Å². The third kappa shape index (κ3) is 6.20. The van der Waals surface area contributed by atoms with Crippen molar-refractivity contribution in [2.24, 2.45) is 0 Å². The number of likely N-dealkylation sites (N-methyl/N-ethyl adjacent to an activating group) is 1. The SMILES string of the molecule is CCNC(=O)C(CC)N(Cc1ccc(F)cc1)C(=O)COc1cc(C)c(Cl)c(C)c1. The molecule has 1 unspecified atom stereocenters. The summed E-state index contributed by atoms with van der Waals surface area (Å²) in [6.45, 7) is 7.82. The second-order valence-corrected chi connectivity index (χ2v) is 7.50. The number of nitrogens with zero attached hydrogens (tertiary/aromatic N) is 1. The van der Waals surface area contributed by atoms with Gasteiger partial charge >= 0.3 is 0 Å². The van der Waals surface area contributed by atoms with E-state index < -0.39 is 6.04 Å². The Kier molecular flexibility index (Phi) is 8.66. The summed E-state index contributed by atoms with van der Waals surface area (Å²) in [5.74, 6) is -0.379. The van der Waals surface area contributed by atoms with E-state index in [4.69, 9.17) is 16.3 Å². The van der Waals surface area contributed by atoms with Crippen LogP contribution in [-0.4, -0.2) is 35.9 Å². The summed E-state index contributed by atoms with van der Waals surface area (Å²) in [5, 5.41) is 3.43. The number of carbonyl (C=O) groups is 2. The Morgan fingerprint density at radius 2 is 1.73 bits per heavy atom. The highest BCUT2D eigenvalue weighted by atomic mass is 35.5. The van der Waals surface area contributed by atoms with Crippen LogP contribution in [0.5, 0.6) is 5.75 Å². The largest absolute Gasteiger partial charge is 0.484 e. The maximum atomic E-state index is 13.3. The summed E-state index contributed by atoms with van der Waals surface area (Å²) in [5.41, 5.74) is 2.44. The van der Waals surface area contributed by atoms with Crippen molar-refractivity contribution < 1.29 is 18.7 Å². The van der Waals surface area contributed by atoms with E-state index in [9.17, 15) is 14.0 Å². The van der Waals surface area contributed by atoms with Gasteiger partial charge in [0.15, 0.2) is 6.61 Å². The number of benzene rings is 2. The van der Waals surface area contributed by atoms with Crippen LogP contribution in [0.25, 0.3) is 0 Å². The maximum Gasteiger partial charge on any atom is 0.261 e. The fourth-order valence-electron chi connectivity index (χ4n) is 3.22. The van der Waals surface area contributed by atoms with Crippen LogP contribution in [0.3, 0.4) is 0 Å². The Balaban J connectivity index is 2.22. The number of aryl methyl sites for hydroxylation is 2. The number of halogens is 2. The van der Waals surface area contributed by atoms with Gasteiger partial charge in [-0.1, -0.05) is 30.7 Å². The minimum absolute atomic E-state index is 0.177. The molecule has 0 radical (unpaired) electrons. The molecule has 0 aliphatic carbocycles. The molecule has 0 saturated heterocycles. The Morgan fingerprint density at radius 3 is 2.27 bits per heavy atom. The number of hydrogen-bond donors (Lipinski definition) is 1. The molecule has 2 rings (SSSR count). The molecular weight excluding hydrogens is 407 g/mol. The molecule has 7 heteroatoms. The summed E-state index contributed by atoms with van der Waals surface area (Å²) in [7, 11) is 0. The van der Waals surface area contributed by atoms with Crippen molar-refractivity contribution in [3.05, 3.63) is 63.9 Å². The van der Waals surface area contributed by atoms with E-state index in [1.165, 1.54) is 17.0 Å². The summed E-state index contributed by atoms with van der Waals surface area (Å²) in [6, 6.07) is 8.77. The van der Waals surface area contributed by atoms with E-state index in [2.05, 4.69) is 5.32 Å². The van der Waals surface area contributed by atoms with Crippen LogP contribution in [0.4, 0.5) is 4.39 Å². The molecule has 30 heavy (non-hydrogen) atoms. The van der Waals surface area contributed by atoms with Gasteiger partial charge in [-0.15, -0.1) is 0 Å². The lowest BCUT2D eigenvalue weighted by Crippen LogP contribution is -2.50. The second kappa shape index (κ2) is 11.0. The van der Waals surface area contributed by atoms with Gasteiger partial charge in [0.05, 0.1) is 0 Å². The lowest BCUT2D eigenvalue weighted by molar-refractivity contribution is -0.142. The van der Waals surface area contributed by atoms with Crippen molar-refractivity contribution in [1.82, 2.24) is 10.2 Å². The fourth-order valence-corrected chi connectivity index (χ4v) is 3.32. The average Bonchev–Trinajstić information content (AvgIpc) is 2.71. The number of carbonyl (C=O) groups excluding carboxylic acids is 2. The van der Waals surface area contributed by atoms with Crippen molar-refractivity contribution in [2.75, 3.05) is 13.2 Å². The van der Waals surface area contributed by atoms with E-state index in [0.717, 1.165) is 16.7 Å². The molecule has 0 aliphatic rings. The molecule has 0 bridgehead atoms. The van der Waals surface area contributed by atoms with Gasteiger partial charge in [0.1, 0.15) is 17.6 Å². The van der Waals surface area contributed by atoms with Gasteiger partial charge in [-0.25, -0.2) is 4.39 Å². The minimum Gasteiger partial charge on any atom is -0.484 e. The molecule has 2 aromatic rings. The molecule has 2 aromatic carbocycles. The van der Waals surface area contributed by atoms with Crippen LogP contribution in [-0.2, 0) is 16.1 Å². The number of rotatable bonds is 9. The van der Waals surface area contributed by atoms with E-state index in [1.54, 1.807) is 24.3 Å². The van der Waals surface area contributed by atoms with Gasteiger partial charge in [0, 0.05) is 18.1 Å². The number of ether oxygens (including phenoxy) is 1. The first kappa shape index (κ1) is 23.7. The molecule has 0 spiro atoms. The van der Waals surface area contributed by atoms with Crippen molar-refractivity contribution in [3.63, 3.8) is 0 Å². The molecule has 2 amide bonds. The van der Waals surface area contributed by atoms with Crippen LogP contribution in [0, 0.1) is 19.7 Å². The third-order valence-corrected chi connectivity index (χ3v) is 5.37. The van der Waals surface area contributed by atoms with E-state index >= 15 is 0 Å². The maximum absolute atomic E-state index is 13.3. The highest BCUT2D eigenvalue weighted by Gasteiger charge is 2.28. The normalized spacial score (nSPS) is 11.7. The zero-order valence-electron chi connectivity index (χ0n) is 17.8. The molecule has 0 fully saturated rings. The molecule has 0 saturated carbocycles. The van der Waals surface area contributed by atoms with Crippen LogP contribution < -0.4 is 10.1 Å². The summed E-state index contributed by atoms with van der Waals surface area (Å²) < 4.78 is 19.0. The summed E-state index contributed by atoms with van der Waals surface area (Å²) >= 11 is 6.19. The zero-order chi connectivity index (χ0) is 22.3. The third-order valence-electron chi connectivity index (χ3n) is 4.78. The molecular formula is C23H28ClFN2O3. The van der Waals surface area contributed by atoms with E-state index in [-0.39, 0.29) is 30.8 Å². The fraction of sp³-hybridized carbons (Fsp3) is 0.391. The van der Waals surface area contributed by atoms with Crippen molar-refractivity contribution >= 4 is 23.4 Å². The highest BCUT2D eigenvalue weighted by Crippen LogP contribution is 2.26. The molecule has 1 atom stereocenters. The monoisotopic (exact) mass is 434 g/mol. The van der Waals surface area contributed by atoms with Gasteiger partial charge in [-0.3, -0.25) is 9.59 Å². The number of nitrogens with one attached hydrogen (secondary N) is 1. The molecule has 0 aromatic heterocycles. The van der Waals surface area contributed by atoms with Gasteiger partial charge in [0.2, 0.25) is 5.91 Å². The quantitative estimate of drug-likeness (QED) is 0.635. The minimum atomic E-state index is -0.653. The molecule has 162 valence electrons. The standard InChI is InChI=1S/C23H28ClFN2O3/c1-5-20(23(29)26-6-2)27(13-17-7-9-18(25)10-8-17)21(28)14-30-19-11-15(3)22(24)16(4)12-19/h7-12,20H,5-6,13-14H2,1-4H3,(H,26,29). The average molecular weight is 435 g/mol. The predicted molar refractivity (Wildman–Crippen MR) is 116 cm³/mol. The molecule has 1 N–H and O–H groups in total. The Hall–Kier alpha value is -2.60. The van der Waals surface area contributed by atoms with Gasteiger partial charge in [-0.05, 0) is 68.1 Å². The molecule has 0 aliphatic heterocycles. The number of hydrogen-bond acceptors (Lipinski definition) is 3. The first-order valence-electron chi connectivity index (χ1n) is 9.97. The highest BCUT2D eigenvalue weighted by molar-refractivity contribution is 6.32. The molecule has 0 heterocycles. The first-order valence-corrected chi connectivity index (χ1v) is 10.4. The lowest BCUT2D eigenvalue weighted by atomic mass is 10.1. The summed E-state index contributed by atoms with van der Waals surface area (Å²) in [6.07, 6.45) is 0.442. The Bertz CT molecular complexity index is 864. The Labute approximate surface area is 182 Å². The van der Waals surface area contributed by atoms with Crippen molar-refractivity contribution in [2.45, 2.75) is 46.7 Å². The second-order valence-electron chi connectivity index (χ2n) is 7.13. The van der Waals surface area contributed by atoms with Crippen LogP contribution in [0.15, 0.2) is 36.4 Å². The van der Waals surface area contributed by atoms with Gasteiger partial charge < -0.3 is 15.0 Å². The van der Waals surface area contributed by atoms with Gasteiger partial charge in [0.25, 0.3) is 5.91 Å². The summed E-state index contributed by atoms with van der Waals surface area (Å²) in [4.78, 5) is 27.1.